The topological polar surface area (TPSA) is 32.7 Å². The Bertz CT molecular complexity index is 807. The van der Waals surface area contributed by atoms with Crippen LogP contribution in [0.25, 0.3) is 0 Å². The summed E-state index contributed by atoms with van der Waals surface area (Å²) in [5.74, 6) is -11.7. The lowest BCUT2D eigenvalue weighted by Crippen LogP contribution is -2.23. The molecule has 2 aromatic carbocycles. The van der Waals surface area contributed by atoms with Crippen LogP contribution < -0.4 is 5.01 Å². The molecule has 0 N–H and O–H groups in total. The van der Waals surface area contributed by atoms with E-state index in [1.165, 1.54) is 0 Å². The number of halogens is 5. The fourth-order valence-corrected chi connectivity index (χ4v) is 2.17. The van der Waals surface area contributed by atoms with Crippen LogP contribution in [0.15, 0.2) is 35.4 Å². The van der Waals surface area contributed by atoms with Gasteiger partial charge in [-0.15, -0.1) is 0 Å². The smallest absolute Gasteiger partial charge is 0.253 e. The molecule has 0 saturated heterocycles. The number of nitrogens with zero attached hydrogens (tertiary/aromatic N) is 2. The molecule has 23 heavy (non-hydrogen) atoms. The van der Waals surface area contributed by atoms with Crippen LogP contribution in [-0.2, 0) is 4.79 Å². The first kappa shape index (κ1) is 15.1. The van der Waals surface area contributed by atoms with Gasteiger partial charge < -0.3 is 0 Å². The summed E-state index contributed by atoms with van der Waals surface area (Å²) in [7, 11) is 0. The highest BCUT2D eigenvalue weighted by molar-refractivity contribution is 6.19. The van der Waals surface area contributed by atoms with Gasteiger partial charge in [0, 0.05) is 0 Å². The maximum Gasteiger partial charge on any atom is 0.253 e. The molecule has 0 saturated carbocycles. The van der Waals surface area contributed by atoms with Gasteiger partial charge in [-0.3, -0.25) is 4.79 Å². The molecule has 1 aliphatic rings. The molecule has 0 radical (unpaired) electrons. The van der Waals surface area contributed by atoms with Crippen molar-refractivity contribution in [2.24, 2.45) is 5.10 Å². The molecule has 3 nitrogen and oxygen atoms in total. The number of benzene rings is 2. The van der Waals surface area contributed by atoms with Crippen molar-refractivity contribution in [2.75, 3.05) is 5.01 Å². The van der Waals surface area contributed by atoms with Gasteiger partial charge in [0.15, 0.2) is 23.3 Å². The Morgan fingerprint density at radius 3 is 1.91 bits per heavy atom. The lowest BCUT2D eigenvalue weighted by molar-refractivity contribution is -0.117. The molecule has 0 fully saturated rings. The second-order valence-corrected chi connectivity index (χ2v) is 4.71. The molecule has 1 amide bonds. The molecular formula is C15H7F5N2O. The lowest BCUT2D eigenvalue weighted by Gasteiger charge is -2.14. The number of hydrogen-bond acceptors (Lipinski definition) is 2. The normalized spacial score (nSPS) is 14.4. The summed E-state index contributed by atoms with van der Waals surface area (Å²) in [4.78, 5) is 11.9. The van der Waals surface area contributed by atoms with Crippen molar-refractivity contribution in [1.29, 1.82) is 0 Å². The zero-order valence-electron chi connectivity index (χ0n) is 11.3. The molecule has 0 aromatic heterocycles. The largest absolute Gasteiger partial charge is 0.272 e. The van der Waals surface area contributed by atoms with E-state index in [0.29, 0.717) is 5.56 Å². The van der Waals surface area contributed by atoms with Gasteiger partial charge in [0.1, 0.15) is 5.69 Å². The summed E-state index contributed by atoms with van der Waals surface area (Å²) in [6, 6.07) is 8.23. The number of rotatable bonds is 2. The molecule has 1 heterocycles. The van der Waals surface area contributed by atoms with Crippen LogP contribution in [0.2, 0.25) is 0 Å². The van der Waals surface area contributed by atoms with E-state index in [9.17, 15) is 26.7 Å². The maximum absolute atomic E-state index is 13.8. The van der Waals surface area contributed by atoms with Crippen molar-refractivity contribution in [2.45, 2.75) is 6.42 Å². The van der Waals surface area contributed by atoms with Crippen LogP contribution >= 0.6 is 0 Å². The Morgan fingerprint density at radius 1 is 0.826 bits per heavy atom. The SMILES string of the molecule is O=C1CC(c2ccccc2)=NN1c1c(F)c(F)c(F)c(F)c1F. The van der Waals surface area contributed by atoms with Crippen LogP contribution in [-0.4, -0.2) is 11.6 Å². The molecule has 8 heteroatoms. The predicted octanol–water partition coefficient (Wildman–Crippen LogP) is 3.52. The molecule has 0 aliphatic carbocycles. The molecule has 2 aromatic rings. The zero-order valence-corrected chi connectivity index (χ0v) is 11.3. The average molecular weight is 326 g/mol. The Hall–Kier alpha value is -2.77. The fourth-order valence-electron chi connectivity index (χ4n) is 2.17. The number of amides is 1. The quantitative estimate of drug-likeness (QED) is 0.472. The van der Waals surface area contributed by atoms with E-state index in [1.807, 2.05) is 0 Å². The number of carbonyl (C=O) groups is 1. The van der Waals surface area contributed by atoms with E-state index in [0.717, 1.165) is 0 Å². The van der Waals surface area contributed by atoms with Crippen molar-refractivity contribution in [1.82, 2.24) is 0 Å². The van der Waals surface area contributed by atoms with Gasteiger partial charge in [-0.25, -0.2) is 22.0 Å². The molecule has 3 rings (SSSR count). The summed E-state index contributed by atoms with van der Waals surface area (Å²) in [6.07, 6.45) is -0.316. The monoisotopic (exact) mass is 326 g/mol. The van der Waals surface area contributed by atoms with Crippen molar-refractivity contribution in [3.05, 3.63) is 65.0 Å². The minimum atomic E-state index is -2.29. The van der Waals surface area contributed by atoms with E-state index in [1.54, 1.807) is 30.3 Å². The Morgan fingerprint density at radius 2 is 1.35 bits per heavy atom. The second-order valence-electron chi connectivity index (χ2n) is 4.71. The van der Waals surface area contributed by atoms with Gasteiger partial charge in [-0.05, 0) is 5.56 Å². The van der Waals surface area contributed by atoms with Crippen molar-refractivity contribution >= 4 is 17.3 Å². The number of hydrogen-bond donors (Lipinski definition) is 0. The highest BCUT2D eigenvalue weighted by atomic mass is 19.2. The Balaban J connectivity index is 2.13. The van der Waals surface area contributed by atoms with E-state index in [2.05, 4.69) is 5.10 Å². The molecule has 118 valence electrons. The number of carbonyl (C=O) groups excluding carboxylic acids is 1. The summed E-state index contributed by atoms with van der Waals surface area (Å²) >= 11 is 0. The van der Waals surface area contributed by atoms with Crippen molar-refractivity contribution < 1.29 is 26.7 Å². The van der Waals surface area contributed by atoms with Crippen LogP contribution in [0.1, 0.15) is 12.0 Å². The third-order valence-electron chi connectivity index (χ3n) is 3.28. The average Bonchev–Trinajstić information content (AvgIpc) is 2.94. The third kappa shape index (κ3) is 2.36. The number of anilines is 1. The molecular weight excluding hydrogens is 319 g/mol. The zero-order chi connectivity index (χ0) is 16.7. The summed E-state index contributed by atoms with van der Waals surface area (Å²) in [6.45, 7) is 0. The summed E-state index contributed by atoms with van der Waals surface area (Å²) < 4.78 is 67.1. The van der Waals surface area contributed by atoms with Gasteiger partial charge in [0.2, 0.25) is 5.82 Å². The van der Waals surface area contributed by atoms with Crippen LogP contribution in [0.3, 0.4) is 0 Å². The standard InChI is InChI=1S/C15H7F5N2O/c16-10-11(17)13(19)15(14(20)12(10)18)22-9(23)6-8(21-22)7-4-2-1-3-5-7/h1-5H,6H2. The third-order valence-corrected chi connectivity index (χ3v) is 3.28. The van der Waals surface area contributed by atoms with Gasteiger partial charge in [-0.1, -0.05) is 30.3 Å². The molecule has 0 unspecified atom stereocenters. The molecule has 0 bridgehead atoms. The first-order valence-electron chi connectivity index (χ1n) is 6.39. The lowest BCUT2D eigenvalue weighted by atomic mass is 10.1. The Kier molecular flexibility index (Phi) is 3.59. The molecule has 1 aliphatic heterocycles. The van der Waals surface area contributed by atoms with E-state index in [-0.39, 0.29) is 17.1 Å². The van der Waals surface area contributed by atoms with Crippen LogP contribution in [0.5, 0.6) is 0 Å². The first-order chi connectivity index (χ1) is 10.9. The summed E-state index contributed by atoms with van der Waals surface area (Å²) in [5.41, 5.74) is -0.705. The fraction of sp³-hybridized carbons (Fsp3) is 0.0667. The van der Waals surface area contributed by atoms with Crippen molar-refractivity contribution in [3.8, 4) is 0 Å². The van der Waals surface area contributed by atoms with E-state index < -0.39 is 40.7 Å². The minimum absolute atomic E-state index is 0.166. The molecule has 0 spiro atoms. The van der Waals surface area contributed by atoms with Gasteiger partial charge in [-0.2, -0.15) is 10.1 Å². The Labute approximate surface area is 126 Å². The second kappa shape index (κ2) is 5.45. The highest BCUT2D eigenvalue weighted by Gasteiger charge is 2.35. The van der Waals surface area contributed by atoms with Crippen molar-refractivity contribution in [3.63, 3.8) is 0 Å². The van der Waals surface area contributed by atoms with Crippen LogP contribution in [0.4, 0.5) is 27.6 Å². The molecule has 0 atom stereocenters. The van der Waals surface area contributed by atoms with Gasteiger partial charge >= 0.3 is 0 Å². The van der Waals surface area contributed by atoms with Crippen LogP contribution in [0, 0.1) is 29.1 Å². The van der Waals surface area contributed by atoms with E-state index in [4.69, 9.17) is 0 Å². The predicted molar refractivity (Wildman–Crippen MR) is 71.3 cm³/mol. The van der Waals surface area contributed by atoms with E-state index >= 15 is 0 Å². The van der Waals surface area contributed by atoms with Gasteiger partial charge in [0.05, 0.1) is 12.1 Å². The highest BCUT2D eigenvalue weighted by Crippen LogP contribution is 2.33. The number of hydrazone groups is 1. The van der Waals surface area contributed by atoms with Gasteiger partial charge in [0.25, 0.3) is 5.91 Å². The minimum Gasteiger partial charge on any atom is -0.272 e. The first-order valence-corrected chi connectivity index (χ1v) is 6.39. The summed E-state index contributed by atoms with van der Waals surface area (Å²) in [5, 5.41) is 3.91. The maximum atomic E-state index is 13.8.